The first-order valence-corrected chi connectivity index (χ1v) is 20.3. The van der Waals surface area contributed by atoms with Crippen molar-refractivity contribution < 1.29 is 9.53 Å². The number of piperidine rings is 1. The van der Waals surface area contributed by atoms with Crippen molar-refractivity contribution in [1.29, 1.82) is 0 Å². The third kappa shape index (κ3) is 11.4. The van der Waals surface area contributed by atoms with Crippen LogP contribution in [0, 0.1) is 0 Å². The number of nitrogens with zero attached hydrogens (tertiary/aromatic N) is 9. The molecule has 0 saturated carbocycles. The Balaban J connectivity index is 0.845. The van der Waals surface area contributed by atoms with Gasteiger partial charge in [-0.15, -0.1) is 0 Å². The molecule has 3 saturated heterocycles. The largest absolute Gasteiger partial charge is 0.378 e. The van der Waals surface area contributed by atoms with Crippen LogP contribution in [0.3, 0.4) is 0 Å². The first kappa shape index (κ1) is 38.5. The molecule has 0 aliphatic carbocycles. The van der Waals surface area contributed by atoms with Gasteiger partial charge in [-0.1, -0.05) is 64.2 Å². The van der Waals surface area contributed by atoms with E-state index >= 15 is 0 Å². The van der Waals surface area contributed by atoms with Crippen LogP contribution >= 0.6 is 0 Å². The molecule has 0 atom stereocenters. The lowest BCUT2D eigenvalue weighted by molar-refractivity contribution is -0.120. The van der Waals surface area contributed by atoms with Crippen LogP contribution in [0.5, 0.6) is 0 Å². The summed E-state index contributed by atoms with van der Waals surface area (Å²) in [4.78, 5) is 40.7. The van der Waals surface area contributed by atoms with Gasteiger partial charge in [-0.3, -0.25) is 14.8 Å². The number of ether oxygens (including phenoxy) is 1. The number of hydrogen-bond donors (Lipinski definition) is 2. The van der Waals surface area contributed by atoms with E-state index in [4.69, 9.17) is 20.4 Å². The summed E-state index contributed by atoms with van der Waals surface area (Å²) in [5.41, 5.74) is 9.06. The number of unbranched alkanes of at least 4 members (excludes halogenated alkanes) is 11. The van der Waals surface area contributed by atoms with E-state index < -0.39 is 0 Å². The Morgan fingerprint density at radius 3 is 2.06 bits per heavy atom. The number of nitrogens with one attached hydrogen (secondary N) is 1. The summed E-state index contributed by atoms with van der Waals surface area (Å²) in [6.07, 6.45) is 21.8. The van der Waals surface area contributed by atoms with Crippen molar-refractivity contribution in [3.05, 3.63) is 18.1 Å². The van der Waals surface area contributed by atoms with Gasteiger partial charge in [0.1, 0.15) is 5.78 Å². The molecule has 0 amide bonds. The summed E-state index contributed by atoms with van der Waals surface area (Å²) >= 11 is 0. The molecule has 13 heteroatoms. The van der Waals surface area contributed by atoms with Crippen LogP contribution in [0.2, 0.25) is 0 Å². The number of hydrogen-bond acceptors (Lipinski definition) is 12. The number of fused-ring (bicyclic) bond motifs is 1. The van der Waals surface area contributed by atoms with Crippen LogP contribution in [-0.4, -0.2) is 136 Å². The highest BCUT2D eigenvalue weighted by Crippen LogP contribution is 2.36. The minimum Gasteiger partial charge on any atom is -0.378 e. The average Bonchev–Trinajstić information content (AvgIpc) is 3.60. The highest BCUT2D eigenvalue weighted by atomic mass is 16.5. The van der Waals surface area contributed by atoms with Gasteiger partial charge in [-0.2, -0.15) is 10.1 Å². The zero-order valence-corrected chi connectivity index (χ0v) is 31.7. The van der Waals surface area contributed by atoms with Gasteiger partial charge in [0.05, 0.1) is 36.5 Å². The van der Waals surface area contributed by atoms with E-state index in [-0.39, 0.29) is 11.9 Å². The lowest BCUT2D eigenvalue weighted by Gasteiger charge is -2.32. The number of carbonyl (C=O) groups is 1. The van der Waals surface area contributed by atoms with Crippen LogP contribution in [0.1, 0.15) is 108 Å². The number of ketones is 1. The lowest BCUT2D eigenvalue weighted by Crippen LogP contribution is -2.44. The first-order chi connectivity index (χ1) is 25.5. The Hall–Kier alpha value is -3.26. The second-order valence-corrected chi connectivity index (χ2v) is 15.4. The number of aromatic amines is 1. The first-order valence-electron chi connectivity index (χ1n) is 20.3. The molecule has 0 unspecified atom stereocenters. The van der Waals surface area contributed by atoms with Crippen molar-refractivity contribution in [3.8, 4) is 11.3 Å². The second kappa shape index (κ2) is 20.3. The Bertz CT molecular complexity index is 1490. The highest BCUT2D eigenvalue weighted by Gasteiger charge is 2.28. The van der Waals surface area contributed by atoms with Crippen molar-refractivity contribution in [2.24, 2.45) is 0 Å². The third-order valence-electron chi connectivity index (χ3n) is 11.3. The minimum absolute atomic E-state index is 0.228. The number of H-pyrrole nitrogens is 1. The quantitative estimate of drug-likeness (QED) is 0.146. The van der Waals surface area contributed by atoms with Gasteiger partial charge in [0.15, 0.2) is 5.65 Å². The average molecular weight is 718 g/mol. The zero-order valence-electron chi connectivity index (χ0n) is 31.7. The molecule has 6 heterocycles. The minimum atomic E-state index is 0.228. The van der Waals surface area contributed by atoms with Crippen LogP contribution in [-0.2, 0) is 9.53 Å². The summed E-state index contributed by atoms with van der Waals surface area (Å²) in [6, 6.07) is 0. The topological polar surface area (TPSA) is 146 Å². The fourth-order valence-corrected chi connectivity index (χ4v) is 8.01. The molecule has 3 aromatic heterocycles. The maximum atomic E-state index is 12.9. The maximum absolute atomic E-state index is 12.9. The van der Waals surface area contributed by atoms with Crippen LogP contribution < -0.4 is 10.6 Å². The summed E-state index contributed by atoms with van der Waals surface area (Å²) in [5, 5.41) is 8.89. The molecule has 0 bridgehead atoms. The number of piperazine rings is 1. The van der Waals surface area contributed by atoms with Gasteiger partial charge >= 0.3 is 0 Å². The number of rotatable bonds is 20. The number of nitrogen functional groups attached to an aromatic ring is 1. The van der Waals surface area contributed by atoms with E-state index in [0.717, 1.165) is 67.8 Å². The molecule has 3 fully saturated rings. The van der Waals surface area contributed by atoms with Crippen LogP contribution in [0.4, 0.5) is 11.9 Å². The van der Waals surface area contributed by atoms with Gasteiger partial charge in [-0.05, 0) is 52.4 Å². The maximum Gasteiger partial charge on any atom is 0.228 e. The van der Waals surface area contributed by atoms with Gasteiger partial charge in [0.25, 0.3) is 0 Å². The molecule has 0 spiro atoms. The van der Waals surface area contributed by atoms with Crippen LogP contribution in [0.25, 0.3) is 22.3 Å². The van der Waals surface area contributed by atoms with E-state index in [9.17, 15) is 4.79 Å². The molecule has 13 nitrogen and oxygen atoms in total. The Morgan fingerprint density at radius 1 is 0.788 bits per heavy atom. The van der Waals surface area contributed by atoms with E-state index in [2.05, 4.69) is 46.8 Å². The van der Waals surface area contributed by atoms with Gasteiger partial charge in [0, 0.05) is 69.6 Å². The number of anilines is 2. The van der Waals surface area contributed by atoms with E-state index in [1.807, 2.05) is 0 Å². The fraction of sp³-hybridized carbons (Fsp3) is 0.744. The number of morpholine rings is 1. The van der Waals surface area contributed by atoms with Crippen molar-refractivity contribution in [2.75, 3.05) is 96.3 Å². The molecular weight excluding hydrogens is 655 g/mol. The normalized spacial score (nSPS) is 18.4. The van der Waals surface area contributed by atoms with E-state index in [0.29, 0.717) is 43.6 Å². The summed E-state index contributed by atoms with van der Waals surface area (Å²) in [5.74, 6) is 1.52. The van der Waals surface area contributed by atoms with Crippen LogP contribution in [0.15, 0.2) is 12.4 Å². The van der Waals surface area contributed by atoms with Crippen molar-refractivity contribution in [2.45, 2.75) is 102 Å². The number of aromatic nitrogens is 6. The Kier molecular flexibility index (Phi) is 15.0. The molecule has 3 N–H and O–H groups in total. The molecule has 286 valence electrons. The number of Topliss-reactive ketones (excluding diaryl/α,β-unsaturated/α-hetero) is 1. The zero-order chi connectivity index (χ0) is 36.0. The summed E-state index contributed by atoms with van der Waals surface area (Å²) in [7, 11) is 2.23. The lowest BCUT2D eigenvalue weighted by atomic mass is 9.91. The van der Waals surface area contributed by atoms with Crippen molar-refractivity contribution in [3.63, 3.8) is 0 Å². The molecular formula is C39H63N11O2. The molecule has 3 aromatic rings. The fourth-order valence-electron chi connectivity index (χ4n) is 8.01. The molecule has 0 aromatic carbocycles. The highest BCUT2D eigenvalue weighted by molar-refractivity contribution is 5.93. The number of likely N-dealkylation sites (tertiary alicyclic amines) is 1. The standard InChI is InChI=1S/C39H63N11O2/c1-47-20-22-48(23-21-47)17-13-11-9-7-5-3-2-4-6-8-10-12-14-33(51)30-49-18-15-31(16-19-49)36-34-35(32-28-41-38(40)42-29-32)43-39(44-37(34)46-45-36)50-24-26-52-27-25-50/h28-29,31H,2-27,30H2,1H3,(H2,40,41,42)(H,43,44,45,46). The second-order valence-electron chi connectivity index (χ2n) is 15.4. The Morgan fingerprint density at radius 2 is 1.40 bits per heavy atom. The molecule has 0 radical (unpaired) electrons. The molecule has 3 aliphatic heterocycles. The predicted molar refractivity (Wildman–Crippen MR) is 208 cm³/mol. The SMILES string of the molecule is CN1CCN(CCCCCCCCCCCCCCC(=O)CN2CCC(c3[nH]nc4nc(N5CCOCC5)nc(-c5cnc(N)nc5)c34)CC2)CC1. The smallest absolute Gasteiger partial charge is 0.228 e. The van der Waals surface area contributed by atoms with Gasteiger partial charge < -0.3 is 25.2 Å². The predicted octanol–water partition coefficient (Wildman–Crippen LogP) is 5.30. The Labute approximate surface area is 310 Å². The molecule has 52 heavy (non-hydrogen) atoms. The molecule has 3 aliphatic rings. The van der Waals surface area contributed by atoms with Gasteiger partial charge in [0.2, 0.25) is 11.9 Å². The number of nitrogens with two attached hydrogens (primary N) is 1. The summed E-state index contributed by atoms with van der Waals surface area (Å²) in [6.45, 7) is 11.3. The third-order valence-corrected chi connectivity index (χ3v) is 11.3. The van der Waals surface area contributed by atoms with Crippen molar-refractivity contribution in [1.82, 2.24) is 44.8 Å². The van der Waals surface area contributed by atoms with E-state index in [1.165, 1.54) is 103 Å². The van der Waals surface area contributed by atoms with E-state index in [1.54, 1.807) is 12.4 Å². The van der Waals surface area contributed by atoms with Gasteiger partial charge in [-0.25, -0.2) is 15.0 Å². The number of carbonyl (C=O) groups excluding carboxylic acids is 1. The summed E-state index contributed by atoms with van der Waals surface area (Å²) < 4.78 is 5.54. The molecule has 6 rings (SSSR count). The number of likely N-dealkylation sites (N-methyl/N-ethyl adjacent to an activating group) is 1. The van der Waals surface area contributed by atoms with Crippen molar-refractivity contribution >= 4 is 28.7 Å². The monoisotopic (exact) mass is 718 g/mol.